The summed E-state index contributed by atoms with van der Waals surface area (Å²) in [6.07, 6.45) is 0. The molecule has 1 heterocycles. The number of phenols is 3. The molecule has 0 bridgehead atoms. The molecule has 0 amide bonds. The lowest BCUT2D eigenvalue weighted by Crippen LogP contribution is -2.14. The van der Waals surface area contributed by atoms with Crippen molar-refractivity contribution in [3.05, 3.63) is 62.4 Å². The number of benzene rings is 2. The number of hydrogen-bond acceptors (Lipinski definition) is 6. The van der Waals surface area contributed by atoms with Crippen LogP contribution in [0.3, 0.4) is 0 Å². The van der Waals surface area contributed by atoms with E-state index in [1.54, 1.807) is 6.07 Å². The van der Waals surface area contributed by atoms with Crippen LogP contribution in [0.1, 0.15) is 15.9 Å². The highest BCUT2D eigenvalue weighted by Gasteiger charge is 2.18. The Bertz CT molecular complexity index is 1010. The molecule has 3 N–H and O–H groups in total. The Labute approximate surface area is 137 Å². The van der Waals surface area contributed by atoms with Gasteiger partial charge in [-0.1, -0.05) is 15.9 Å². The van der Waals surface area contributed by atoms with Crippen molar-refractivity contribution in [3.63, 3.8) is 0 Å². The number of rotatable bonds is 2. The van der Waals surface area contributed by atoms with Gasteiger partial charge in [-0.2, -0.15) is 0 Å². The van der Waals surface area contributed by atoms with Crippen LogP contribution in [0.25, 0.3) is 11.0 Å². The van der Waals surface area contributed by atoms with Gasteiger partial charge < -0.3 is 19.7 Å². The minimum absolute atomic E-state index is 0.0196. The summed E-state index contributed by atoms with van der Waals surface area (Å²) in [6, 6.07) is 7.73. The van der Waals surface area contributed by atoms with Gasteiger partial charge in [0.15, 0.2) is 22.8 Å². The molecule has 2 aromatic carbocycles. The normalized spacial score (nSPS) is 10.8. The van der Waals surface area contributed by atoms with Crippen LogP contribution in [-0.4, -0.2) is 21.1 Å². The van der Waals surface area contributed by atoms with Gasteiger partial charge in [-0.3, -0.25) is 4.79 Å². The van der Waals surface area contributed by atoms with E-state index >= 15 is 0 Å². The highest BCUT2D eigenvalue weighted by Crippen LogP contribution is 2.30. The fraction of sp³-hybridized carbons (Fsp3) is 0. The molecule has 0 aliphatic rings. The van der Waals surface area contributed by atoms with E-state index < -0.39 is 17.2 Å². The first-order valence-corrected chi connectivity index (χ1v) is 7.19. The quantitative estimate of drug-likeness (QED) is 0.360. The van der Waals surface area contributed by atoms with Gasteiger partial charge in [0.2, 0.25) is 5.78 Å². The van der Waals surface area contributed by atoms with Crippen molar-refractivity contribution in [3.8, 4) is 17.2 Å². The molecular formula is C16H9BrO6. The van der Waals surface area contributed by atoms with Gasteiger partial charge in [-0.05, 0) is 36.4 Å². The third-order valence-corrected chi connectivity index (χ3v) is 3.72. The van der Waals surface area contributed by atoms with Gasteiger partial charge >= 0.3 is 5.63 Å². The Kier molecular flexibility index (Phi) is 3.57. The minimum atomic E-state index is -0.910. The number of phenolic OH excluding ortho intramolecular Hbond substituents is 3. The van der Waals surface area contributed by atoms with E-state index in [4.69, 9.17) is 4.42 Å². The van der Waals surface area contributed by atoms with E-state index in [0.717, 1.165) is 12.1 Å². The largest absolute Gasteiger partial charge is 0.504 e. The Hall–Kier alpha value is -2.80. The average molecular weight is 377 g/mol. The van der Waals surface area contributed by atoms with Crippen molar-refractivity contribution in [2.75, 3.05) is 0 Å². The molecule has 0 spiro atoms. The monoisotopic (exact) mass is 376 g/mol. The Morgan fingerprint density at radius 3 is 2.39 bits per heavy atom. The summed E-state index contributed by atoms with van der Waals surface area (Å²) < 4.78 is 5.57. The average Bonchev–Trinajstić information content (AvgIpc) is 2.49. The predicted molar refractivity (Wildman–Crippen MR) is 85.1 cm³/mol. The maximum absolute atomic E-state index is 12.4. The Morgan fingerprint density at radius 2 is 1.70 bits per heavy atom. The van der Waals surface area contributed by atoms with E-state index in [1.807, 2.05) is 0 Å². The third kappa shape index (κ3) is 2.66. The molecule has 3 rings (SSSR count). The van der Waals surface area contributed by atoms with Crippen LogP contribution in [0.2, 0.25) is 0 Å². The Morgan fingerprint density at radius 1 is 0.957 bits per heavy atom. The number of carbonyl (C=O) groups is 1. The van der Waals surface area contributed by atoms with Gasteiger partial charge in [0.05, 0.1) is 0 Å². The van der Waals surface area contributed by atoms with Crippen LogP contribution in [0, 0.1) is 0 Å². The molecule has 0 radical (unpaired) electrons. The molecule has 0 aliphatic heterocycles. The van der Waals surface area contributed by atoms with Gasteiger partial charge in [0.1, 0.15) is 5.56 Å². The van der Waals surface area contributed by atoms with Gasteiger partial charge in [-0.25, -0.2) is 4.79 Å². The second kappa shape index (κ2) is 5.44. The zero-order chi connectivity index (χ0) is 16.7. The number of hydrogen-bond donors (Lipinski definition) is 3. The molecule has 116 valence electrons. The number of ketones is 1. The summed E-state index contributed by atoms with van der Waals surface area (Å²) in [4.78, 5) is 24.4. The maximum Gasteiger partial charge on any atom is 0.347 e. The summed E-state index contributed by atoms with van der Waals surface area (Å²) in [5, 5.41) is 28.9. The fourth-order valence-corrected chi connectivity index (χ4v) is 2.62. The first kappa shape index (κ1) is 15.1. The highest BCUT2D eigenvalue weighted by molar-refractivity contribution is 9.10. The molecule has 23 heavy (non-hydrogen) atoms. The first-order chi connectivity index (χ1) is 10.9. The highest BCUT2D eigenvalue weighted by atomic mass is 79.9. The summed E-state index contributed by atoms with van der Waals surface area (Å²) in [6.45, 7) is 0. The second-order valence-electron chi connectivity index (χ2n) is 4.82. The molecule has 1 aromatic heterocycles. The van der Waals surface area contributed by atoms with Crippen LogP contribution < -0.4 is 5.63 Å². The maximum atomic E-state index is 12.4. The van der Waals surface area contributed by atoms with Gasteiger partial charge in [-0.15, -0.1) is 0 Å². The van der Waals surface area contributed by atoms with Crippen molar-refractivity contribution in [1.29, 1.82) is 0 Å². The van der Waals surface area contributed by atoms with Crippen LogP contribution in [0.4, 0.5) is 0 Å². The lowest BCUT2D eigenvalue weighted by atomic mass is 10.0. The van der Waals surface area contributed by atoms with Crippen LogP contribution in [0.5, 0.6) is 17.2 Å². The van der Waals surface area contributed by atoms with Crippen molar-refractivity contribution in [1.82, 2.24) is 0 Å². The van der Waals surface area contributed by atoms with E-state index in [9.17, 15) is 24.9 Å². The number of aromatic hydroxyl groups is 3. The molecular weight excluding hydrogens is 368 g/mol. The first-order valence-electron chi connectivity index (χ1n) is 6.40. The zero-order valence-electron chi connectivity index (χ0n) is 11.4. The van der Waals surface area contributed by atoms with Crippen molar-refractivity contribution in [2.24, 2.45) is 0 Å². The van der Waals surface area contributed by atoms with E-state index in [2.05, 4.69) is 15.9 Å². The molecule has 0 fully saturated rings. The molecule has 0 saturated carbocycles. The van der Waals surface area contributed by atoms with Gasteiger partial charge in [0, 0.05) is 15.4 Å². The molecule has 0 aliphatic carbocycles. The SMILES string of the molecule is O=C(c1ccc(O)c(O)c1)c1cc2cc(Br)cc(O)c2oc1=O. The van der Waals surface area contributed by atoms with Crippen LogP contribution >= 0.6 is 15.9 Å². The number of fused-ring (bicyclic) bond motifs is 1. The van der Waals surface area contributed by atoms with Crippen molar-refractivity contribution < 1.29 is 24.5 Å². The molecule has 0 unspecified atom stereocenters. The molecule has 7 heteroatoms. The summed E-state index contributed by atoms with van der Waals surface area (Å²) in [7, 11) is 0. The zero-order valence-corrected chi connectivity index (χ0v) is 13.0. The molecule has 0 atom stereocenters. The van der Waals surface area contributed by atoms with Crippen molar-refractivity contribution in [2.45, 2.75) is 0 Å². The lowest BCUT2D eigenvalue weighted by molar-refractivity contribution is 0.103. The van der Waals surface area contributed by atoms with E-state index in [1.165, 1.54) is 18.2 Å². The smallest absolute Gasteiger partial charge is 0.347 e. The molecule has 0 saturated heterocycles. The Balaban J connectivity index is 2.19. The lowest BCUT2D eigenvalue weighted by Gasteiger charge is -2.05. The second-order valence-corrected chi connectivity index (χ2v) is 5.74. The van der Waals surface area contributed by atoms with E-state index in [0.29, 0.717) is 9.86 Å². The summed E-state index contributed by atoms with van der Waals surface area (Å²) >= 11 is 3.20. The minimum Gasteiger partial charge on any atom is -0.504 e. The summed E-state index contributed by atoms with van der Waals surface area (Å²) in [5.74, 6) is -1.74. The van der Waals surface area contributed by atoms with Crippen molar-refractivity contribution >= 4 is 32.7 Å². The number of halogens is 1. The van der Waals surface area contributed by atoms with E-state index in [-0.39, 0.29) is 28.2 Å². The topological polar surface area (TPSA) is 108 Å². The standard InChI is InChI=1S/C16H9BrO6/c17-9-3-8-4-10(16(22)23-15(8)13(20)6-9)14(21)7-1-2-11(18)12(19)5-7/h1-6,18-20H. The van der Waals surface area contributed by atoms with Crippen LogP contribution in [0.15, 0.2) is 50.1 Å². The van der Waals surface area contributed by atoms with Gasteiger partial charge in [0.25, 0.3) is 0 Å². The summed E-state index contributed by atoms with van der Waals surface area (Å²) in [5.41, 5.74) is -1.16. The number of carbonyl (C=O) groups excluding carboxylic acids is 1. The molecule has 6 nitrogen and oxygen atoms in total. The fourth-order valence-electron chi connectivity index (χ4n) is 2.16. The van der Waals surface area contributed by atoms with Crippen LogP contribution in [-0.2, 0) is 0 Å². The molecule has 3 aromatic rings. The third-order valence-electron chi connectivity index (χ3n) is 3.26. The predicted octanol–water partition coefficient (Wildman–Crippen LogP) is 2.90.